The van der Waals surface area contributed by atoms with Crippen LogP contribution in [-0.2, 0) is 0 Å². The molecule has 3 N–H and O–H groups in total. The van der Waals surface area contributed by atoms with Gasteiger partial charge in [0, 0.05) is 17.2 Å². The summed E-state index contributed by atoms with van der Waals surface area (Å²) in [5, 5.41) is 5.35. The zero-order chi connectivity index (χ0) is 19.3. The Hall–Kier alpha value is -3.80. The summed E-state index contributed by atoms with van der Waals surface area (Å²) in [4.78, 5) is 29.8. The Kier molecular flexibility index (Phi) is 3.58. The van der Waals surface area contributed by atoms with Gasteiger partial charge in [0.2, 0.25) is 0 Å². The number of hydrogen-bond acceptors (Lipinski definition) is 4. The van der Waals surface area contributed by atoms with E-state index in [1.165, 1.54) is 0 Å². The molecule has 0 radical (unpaired) electrons. The molecule has 0 saturated heterocycles. The molecule has 3 aromatic carbocycles. The minimum absolute atomic E-state index is 0.394. The number of para-hydroxylation sites is 1. The van der Waals surface area contributed by atoms with Crippen LogP contribution < -0.4 is 21.3 Å². The van der Waals surface area contributed by atoms with Crippen LogP contribution >= 0.6 is 0 Å². The predicted molar refractivity (Wildman–Crippen MR) is 109 cm³/mol. The summed E-state index contributed by atoms with van der Waals surface area (Å²) in [5.74, 6) is 0.700. The van der Waals surface area contributed by atoms with Gasteiger partial charge in [0.05, 0.1) is 12.7 Å². The lowest BCUT2D eigenvalue weighted by molar-refractivity contribution is 0.409. The average molecular weight is 371 g/mol. The topological polar surface area (TPSA) is 87.0 Å². The van der Waals surface area contributed by atoms with Gasteiger partial charge in [-0.15, -0.1) is 0 Å². The first-order chi connectivity index (χ1) is 13.7. The number of nitrogens with one attached hydrogen (secondary N) is 3. The van der Waals surface area contributed by atoms with Crippen molar-refractivity contribution in [2.45, 2.75) is 5.92 Å². The number of rotatable bonds is 2. The van der Waals surface area contributed by atoms with Crippen molar-refractivity contribution in [3.63, 3.8) is 0 Å². The fourth-order valence-corrected chi connectivity index (χ4v) is 4.08. The molecule has 28 heavy (non-hydrogen) atoms. The van der Waals surface area contributed by atoms with Crippen molar-refractivity contribution in [3.05, 3.63) is 98.2 Å². The molecular weight excluding hydrogens is 354 g/mol. The first kappa shape index (κ1) is 16.4. The minimum atomic E-state index is -0.542. The zero-order valence-electron chi connectivity index (χ0n) is 15.1. The summed E-state index contributed by atoms with van der Waals surface area (Å²) < 4.78 is 5.60. The van der Waals surface area contributed by atoms with Gasteiger partial charge in [-0.25, -0.2) is 4.79 Å². The summed E-state index contributed by atoms with van der Waals surface area (Å²) in [6.45, 7) is 0. The van der Waals surface area contributed by atoms with Gasteiger partial charge < -0.3 is 10.1 Å². The fourth-order valence-electron chi connectivity index (χ4n) is 4.08. The highest BCUT2D eigenvalue weighted by atomic mass is 16.5. The first-order valence-electron chi connectivity index (χ1n) is 8.95. The highest BCUT2D eigenvalue weighted by molar-refractivity contribution is 5.94. The van der Waals surface area contributed by atoms with E-state index in [0.29, 0.717) is 17.1 Å². The molecule has 1 aliphatic heterocycles. The van der Waals surface area contributed by atoms with Crippen molar-refractivity contribution in [1.29, 1.82) is 0 Å². The van der Waals surface area contributed by atoms with Crippen LogP contribution in [0, 0.1) is 0 Å². The Bertz CT molecular complexity index is 1340. The Labute approximate surface area is 159 Å². The van der Waals surface area contributed by atoms with E-state index in [1.54, 1.807) is 7.11 Å². The zero-order valence-corrected chi connectivity index (χ0v) is 15.1. The molecule has 1 atom stereocenters. The second kappa shape index (κ2) is 6.13. The number of anilines is 2. The van der Waals surface area contributed by atoms with Crippen LogP contribution in [0.5, 0.6) is 5.75 Å². The first-order valence-corrected chi connectivity index (χ1v) is 8.95. The van der Waals surface area contributed by atoms with Crippen molar-refractivity contribution in [3.8, 4) is 5.75 Å². The maximum absolute atomic E-state index is 12.9. The van der Waals surface area contributed by atoms with Crippen molar-refractivity contribution < 1.29 is 4.74 Å². The lowest BCUT2D eigenvalue weighted by Gasteiger charge is -2.30. The summed E-state index contributed by atoms with van der Waals surface area (Å²) in [6, 6.07) is 19.7. The van der Waals surface area contributed by atoms with Crippen LogP contribution in [0.4, 0.5) is 11.5 Å². The van der Waals surface area contributed by atoms with Crippen molar-refractivity contribution >= 4 is 22.3 Å². The van der Waals surface area contributed by atoms with Crippen LogP contribution in [0.1, 0.15) is 22.6 Å². The molecule has 1 aromatic heterocycles. The maximum atomic E-state index is 12.9. The van der Waals surface area contributed by atoms with Crippen LogP contribution in [0.15, 0.2) is 70.3 Å². The molecule has 138 valence electrons. The van der Waals surface area contributed by atoms with Gasteiger partial charge in [-0.2, -0.15) is 0 Å². The molecule has 1 unspecified atom stereocenters. The van der Waals surface area contributed by atoms with Crippen molar-refractivity contribution in [2.75, 3.05) is 12.4 Å². The molecule has 6 heteroatoms. The molecule has 1 aliphatic rings. The minimum Gasteiger partial charge on any atom is -0.496 e. The van der Waals surface area contributed by atoms with Gasteiger partial charge >= 0.3 is 5.69 Å². The van der Waals surface area contributed by atoms with Crippen LogP contribution in [-0.4, -0.2) is 17.1 Å². The van der Waals surface area contributed by atoms with E-state index in [9.17, 15) is 9.59 Å². The number of aromatic amines is 2. The number of benzene rings is 3. The number of aromatic nitrogens is 2. The smallest absolute Gasteiger partial charge is 0.327 e. The van der Waals surface area contributed by atoms with E-state index >= 15 is 0 Å². The SMILES string of the molecule is COc1ccccc1C1c2c([nH]c(=O)[nH]c2=O)Nc2ccc3ccccc3c21. The number of fused-ring (bicyclic) bond motifs is 4. The molecule has 0 saturated carbocycles. The van der Waals surface area contributed by atoms with E-state index in [1.807, 2.05) is 60.7 Å². The molecule has 0 amide bonds. The Morgan fingerprint density at radius 1 is 0.857 bits per heavy atom. The maximum Gasteiger partial charge on any atom is 0.327 e. The number of hydrogen-bond donors (Lipinski definition) is 3. The number of methoxy groups -OCH3 is 1. The second-order valence-electron chi connectivity index (χ2n) is 6.74. The molecule has 6 nitrogen and oxygen atoms in total. The van der Waals surface area contributed by atoms with E-state index in [4.69, 9.17) is 4.74 Å². The summed E-state index contributed by atoms with van der Waals surface area (Å²) in [7, 11) is 1.61. The van der Waals surface area contributed by atoms with E-state index in [-0.39, 0.29) is 0 Å². The van der Waals surface area contributed by atoms with Gasteiger partial charge in [0.15, 0.2) is 0 Å². The third-order valence-electron chi connectivity index (χ3n) is 5.24. The van der Waals surface area contributed by atoms with Gasteiger partial charge in [-0.1, -0.05) is 48.5 Å². The molecule has 0 fully saturated rings. The molecule has 0 bridgehead atoms. The molecule has 4 aromatic rings. The average Bonchev–Trinajstić information content (AvgIpc) is 2.71. The highest BCUT2D eigenvalue weighted by Crippen LogP contribution is 2.47. The monoisotopic (exact) mass is 371 g/mol. The van der Waals surface area contributed by atoms with E-state index < -0.39 is 17.2 Å². The largest absolute Gasteiger partial charge is 0.496 e. The Morgan fingerprint density at radius 2 is 1.64 bits per heavy atom. The lowest BCUT2D eigenvalue weighted by atomic mass is 9.80. The quantitative estimate of drug-likeness (QED) is 0.443. The Balaban J connectivity index is 1.93. The number of H-pyrrole nitrogens is 2. The van der Waals surface area contributed by atoms with Gasteiger partial charge in [-0.3, -0.25) is 14.8 Å². The van der Waals surface area contributed by atoms with Gasteiger partial charge in [0.25, 0.3) is 5.56 Å². The molecule has 0 aliphatic carbocycles. The highest BCUT2D eigenvalue weighted by Gasteiger charge is 2.33. The van der Waals surface area contributed by atoms with E-state index in [0.717, 1.165) is 27.6 Å². The van der Waals surface area contributed by atoms with E-state index in [2.05, 4.69) is 15.3 Å². The lowest BCUT2D eigenvalue weighted by Crippen LogP contribution is -2.32. The van der Waals surface area contributed by atoms with Crippen LogP contribution in [0.3, 0.4) is 0 Å². The number of ether oxygens (including phenoxy) is 1. The summed E-state index contributed by atoms with van der Waals surface area (Å²) >= 11 is 0. The van der Waals surface area contributed by atoms with Gasteiger partial charge in [-0.05, 0) is 28.5 Å². The van der Waals surface area contributed by atoms with Crippen LogP contribution in [0.25, 0.3) is 10.8 Å². The fraction of sp³-hybridized carbons (Fsp3) is 0.0909. The molecule has 0 spiro atoms. The van der Waals surface area contributed by atoms with Gasteiger partial charge in [0.1, 0.15) is 11.6 Å². The molecular formula is C22H17N3O3. The molecule has 2 heterocycles. The third-order valence-corrected chi connectivity index (χ3v) is 5.24. The van der Waals surface area contributed by atoms with Crippen molar-refractivity contribution in [2.24, 2.45) is 0 Å². The molecule has 5 rings (SSSR count). The van der Waals surface area contributed by atoms with Crippen LogP contribution in [0.2, 0.25) is 0 Å². The standard InChI is InChI=1S/C22H17N3O3/c1-28-16-9-5-4-8-14(16)18-17-13-7-3-2-6-12(13)10-11-15(17)23-20-19(18)21(26)25-22(27)24-20/h2-11,18H,1H3,(H3,23,24,25,26,27). The Morgan fingerprint density at radius 3 is 2.50 bits per heavy atom. The summed E-state index contributed by atoms with van der Waals surface area (Å²) in [6.07, 6.45) is 0. The third kappa shape index (κ3) is 2.35. The normalized spacial score (nSPS) is 14.8. The predicted octanol–water partition coefficient (Wildman–Crippen LogP) is 3.46. The summed E-state index contributed by atoms with van der Waals surface area (Å²) in [5.41, 5.74) is 2.20. The second-order valence-corrected chi connectivity index (χ2v) is 6.74. The van der Waals surface area contributed by atoms with Crippen molar-refractivity contribution in [1.82, 2.24) is 9.97 Å².